The van der Waals surface area contributed by atoms with Gasteiger partial charge in [0.15, 0.2) is 5.82 Å². The molecule has 0 saturated carbocycles. The molecule has 2 nitrogen and oxygen atoms in total. The van der Waals surface area contributed by atoms with Crippen molar-refractivity contribution in [3.05, 3.63) is 47.8 Å². The maximum Gasteiger partial charge on any atom is 0.162 e. The third-order valence-corrected chi connectivity index (χ3v) is 3.70. The van der Waals surface area contributed by atoms with Crippen LogP contribution in [0.2, 0.25) is 0 Å². The van der Waals surface area contributed by atoms with E-state index in [9.17, 15) is 8.78 Å². The summed E-state index contributed by atoms with van der Waals surface area (Å²) >= 11 is 0. The van der Waals surface area contributed by atoms with Gasteiger partial charge in [-0.2, -0.15) is 0 Å². The van der Waals surface area contributed by atoms with Crippen LogP contribution in [0.25, 0.3) is 11.4 Å². The molecule has 0 bridgehead atoms. The quantitative estimate of drug-likeness (QED) is 0.616. The monoisotopic (exact) mass is 304 g/mol. The van der Waals surface area contributed by atoms with E-state index in [1.54, 1.807) is 12.4 Å². The summed E-state index contributed by atoms with van der Waals surface area (Å²) < 4.78 is 26.6. The van der Waals surface area contributed by atoms with Crippen molar-refractivity contribution >= 4 is 0 Å². The second-order valence-corrected chi connectivity index (χ2v) is 5.56. The summed E-state index contributed by atoms with van der Waals surface area (Å²) in [6.07, 6.45) is 11.9. The zero-order chi connectivity index (χ0) is 15.8. The van der Waals surface area contributed by atoms with Crippen molar-refractivity contribution in [2.45, 2.75) is 51.9 Å². The lowest BCUT2D eigenvalue weighted by Crippen LogP contribution is -1.95. The second-order valence-electron chi connectivity index (χ2n) is 5.56. The first-order chi connectivity index (χ1) is 10.7. The number of aromatic nitrogens is 2. The molecule has 0 unspecified atom stereocenters. The van der Waals surface area contributed by atoms with Gasteiger partial charge in [-0.1, -0.05) is 39.0 Å². The molecule has 2 aromatic rings. The van der Waals surface area contributed by atoms with Gasteiger partial charge in [-0.25, -0.2) is 18.7 Å². The van der Waals surface area contributed by atoms with Gasteiger partial charge in [0.25, 0.3) is 0 Å². The highest BCUT2D eigenvalue weighted by Gasteiger charge is 2.08. The molecule has 0 aliphatic heterocycles. The number of hydrogen-bond acceptors (Lipinski definition) is 2. The van der Waals surface area contributed by atoms with E-state index in [1.165, 1.54) is 44.2 Å². The highest BCUT2D eigenvalue weighted by Crippen LogP contribution is 2.20. The minimum absolute atomic E-state index is 0.229. The topological polar surface area (TPSA) is 25.8 Å². The Morgan fingerprint density at radius 1 is 0.909 bits per heavy atom. The lowest BCUT2D eigenvalue weighted by atomic mass is 10.1. The van der Waals surface area contributed by atoms with Gasteiger partial charge in [0.2, 0.25) is 0 Å². The van der Waals surface area contributed by atoms with Gasteiger partial charge in [-0.15, -0.1) is 0 Å². The molecule has 0 spiro atoms. The lowest BCUT2D eigenvalue weighted by molar-refractivity contribution is 0.585. The molecule has 1 aromatic heterocycles. The van der Waals surface area contributed by atoms with Crippen LogP contribution in [0.15, 0.2) is 30.6 Å². The van der Waals surface area contributed by atoms with Gasteiger partial charge in [-0.05, 0) is 30.5 Å². The first kappa shape index (κ1) is 16.5. The Morgan fingerprint density at radius 2 is 1.59 bits per heavy atom. The van der Waals surface area contributed by atoms with Crippen molar-refractivity contribution in [2.75, 3.05) is 0 Å². The largest absolute Gasteiger partial charge is 0.236 e. The van der Waals surface area contributed by atoms with Crippen LogP contribution in [-0.4, -0.2) is 9.97 Å². The number of aryl methyl sites for hydroxylation is 1. The SMILES string of the molecule is CCCCCCCCc1cnc(-c2ccc(F)cc2F)nc1. The molecule has 0 atom stereocenters. The summed E-state index contributed by atoms with van der Waals surface area (Å²) in [6, 6.07) is 3.43. The van der Waals surface area contributed by atoms with Crippen LogP contribution < -0.4 is 0 Å². The number of benzene rings is 1. The van der Waals surface area contributed by atoms with E-state index in [4.69, 9.17) is 0 Å². The summed E-state index contributed by atoms with van der Waals surface area (Å²) in [4.78, 5) is 8.39. The Kier molecular flexibility index (Phi) is 6.44. The summed E-state index contributed by atoms with van der Waals surface area (Å²) in [5.74, 6) is -0.936. The smallest absolute Gasteiger partial charge is 0.162 e. The van der Waals surface area contributed by atoms with E-state index in [2.05, 4.69) is 16.9 Å². The predicted molar refractivity (Wildman–Crippen MR) is 84.5 cm³/mol. The van der Waals surface area contributed by atoms with Crippen molar-refractivity contribution in [2.24, 2.45) is 0 Å². The molecule has 0 fully saturated rings. The van der Waals surface area contributed by atoms with Crippen LogP contribution in [0, 0.1) is 11.6 Å². The van der Waals surface area contributed by atoms with Crippen LogP contribution in [0.4, 0.5) is 8.78 Å². The van der Waals surface area contributed by atoms with Gasteiger partial charge in [0, 0.05) is 18.5 Å². The van der Waals surface area contributed by atoms with Gasteiger partial charge < -0.3 is 0 Å². The Hall–Kier alpha value is -1.84. The molecule has 0 aliphatic carbocycles. The number of halogens is 2. The van der Waals surface area contributed by atoms with Crippen molar-refractivity contribution in [1.82, 2.24) is 9.97 Å². The maximum absolute atomic E-state index is 13.7. The highest BCUT2D eigenvalue weighted by atomic mass is 19.1. The van der Waals surface area contributed by atoms with Crippen LogP contribution in [-0.2, 0) is 6.42 Å². The molecule has 0 radical (unpaired) electrons. The summed E-state index contributed by atoms with van der Waals surface area (Å²) in [5, 5.41) is 0. The van der Waals surface area contributed by atoms with E-state index in [0.717, 1.165) is 24.5 Å². The molecule has 0 aliphatic rings. The molecule has 118 valence electrons. The van der Waals surface area contributed by atoms with Crippen LogP contribution in [0.1, 0.15) is 51.0 Å². The van der Waals surface area contributed by atoms with Crippen LogP contribution >= 0.6 is 0 Å². The predicted octanol–water partition coefficient (Wildman–Crippen LogP) is 5.32. The first-order valence-corrected chi connectivity index (χ1v) is 7.97. The second kappa shape index (κ2) is 8.57. The minimum atomic E-state index is -0.635. The molecular weight excluding hydrogens is 282 g/mol. The van der Waals surface area contributed by atoms with Gasteiger partial charge in [0.05, 0.1) is 5.56 Å². The van der Waals surface area contributed by atoms with E-state index in [-0.39, 0.29) is 5.56 Å². The van der Waals surface area contributed by atoms with Gasteiger partial charge >= 0.3 is 0 Å². The fourth-order valence-electron chi connectivity index (χ4n) is 2.40. The molecule has 0 amide bonds. The number of hydrogen-bond donors (Lipinski definition) is 0. The molecular formula is C18H22F2N2. The molecule has 4 heteroatoms. The van der Waals surface area contributed by atoms with Crippen molar-refractivity contribution in [3.8, 4) is 11.4 Å². The first-order valence-electron chi connectivity index (χ1n) is 7.97. The lowest BCUT2D eigenvalue weighted by Gasteiger charge is -2.04. The molecule has 1 aromatic carbocycles. The van der Waals surface area contributed by atoms with Gasteiger partial charge in [0.1, 0.15) is 11.6 Å². The Balaban J connectivity index is 1.87. The van der Waals surface area contributed by atoms with Crippen molar-refractivity contribution < 1.29 is 8.78 Å². The average Bonchev–Trinajstić information content (AvgIpc) is 2.52. The number of nitrogens with zero attached hydrogens (tertiary/aromatic N) is 2. The van der Waals surface area contributed by atoms with Crippen LogP contribution in [0.5, 0.6) is 0 Å². The Morgan fingerprint density at radius 3 is 2.27 bits per heavy atom. The Labute approximate surface area is 130 Å². The van der Waals surface area contributed by atoms with Crippen molar-refractivity contribution in [1.29, 1.82) is 0 Å². The van der Waals surface area contributed by atoms with Crippen molar-refractivity contribution in [3.63, 3.8) is 0 Å². The summed E-state index contributed by atoms with van der Waals surface area (Å²) in [6.45, 7) is 2.21. The minimum Gasteiger partial charge on any atom is -0.236 e. The molecule has 1 heterocycles. The number of rotatable bonds is 8. The third-order valence-electron chi connectivity index (χ3n) is 3.70. The van der Waals surface area contributed by atoms with Crippen LogP contribution in [0.3, 0.4) is 0 Å². The molecule has 2 rings (SSSR count). The standard InChI is InChI=1S/C18H22F2N2/c1-2-3-4-5-6-7-8-14-12-21-18(22-13-14)16-10-9-15(19)11-17(16)20/h9-13H,2-8H2,1H3. The molecule has 0 N–H and O–H groups in total. The molecule has 22 heavy (non-hydrogen) atoms. The Bertz CT molecular complexity index is 582. The maximum atomic E-state index is 13.7. The summed E-state index contributed by atoms with van der Waals surface area (Å²) in [5.41, 5.74) is 1.29. The van der Waals surface area contributed by atoms with E-state index < -0.39 is 11.6 Å². The van der Waals surface area contributed by atoms with E-state index in [1.807, 2.05) is 0 Å². The fraction of sp³-hybridized carbons (Fsp3) is 0.444. The summed E-state index contributed by atoms with van der Waals surface area (Å²) in [7, 11) is 0. The highest BCUT2D eigenvalue weighted by molar-refractivity contribution is 5.55. The van der Waals surface area contributed by atoms with Gasteiger partial charge in [-0.3, -0.25) is 0 Å². The van der Waals surface area contributed by atoms with E-state index in [0.29, 0.717) is 5.82 Å². The zero-order valence-electron chi connectivity index (χ0n) is 13.0. The normalized spacial score (nSPS) is 10.9. The fourth-order valence-corrected chi connectivity index (χ4v) is 2.40. The zero-order valence-corrected chi connectivity index (χ0v) is 13.0. The molecule has 0 saturated heterocycles. The van der Waals surface area contributed by atoms with E-state index >= 15 is 0 Å². The number of unbranched alkanes of at least 4 members (excludes halogenated alkanes) is 5. The average molecular weight is 304 g/mol. The third kappa shape index (κ3) is 4.86.